The van der Waals surface area contributed by atoms with Crippen LogP contribution in [0.15, 0.2) is 60.7 Å². The van der Waals surface area contributed by atoms with Gasteiger partial charge in [-0.15, -0.1) is 0 Å². The Hall–Kier alpha value is -3.79. The lowest BCUT2D eigenvalue weighted by molar-refractivity contribution is 0.0757. The molecule has 5 rings (SSSR count). The monoisotopic (exact) mass is 399 g/mol. The number of hydrogen-bond donors (Lipinski definition) is 2. The number of fused-ring (bicyclic) bond motifs is 1. The number of benzene rings is 2. The number of carbonyl (C=O) groups excluding carboxylic acids is 1. The van der Waals surface area contributed by atoms with Gasteiger partial charge in [-0.05, 0) is 43.2 Å². The van der Waals surface area contributed by atoms with Crippen molar-refractivity contribution in [2.24, 2.45) is 5.92 Å². The minimum Gasteiger partial charge on any atom is -0.457 e. The van der Waals surface area contributed by atoms with Gasteiger partial charge in [0.15, 0.2) is 6.19 Å². The van der Waals surface area contributed by atoms with Crippen molar-refractivity contribution in [3.8, 4) is 28.9 Å². The Labute approximate surface area is 174 Å². The van der Waals surface area contributed by atoms with Gasteiger partial charge in [0, 0.05) is 18.0 Å². The van der Waals surface area contributed by atoms with Crippen LogP contribution in [0.2, 0.25) is 0 Å². The zero-order valence-corrected chi connectivity index (χ0v) is 16.3. The minimum absolute atomic E-state index is 0.195. The molecule has 1 amide bonds. The first-order valence-corrected chi connectivity index (χ1v) is 10.0. The first-order valence-electron chi connectivity index (χ1n) is 10.0. The van der Waals surface area contributed by atoms with Gasteiger partial charge in [0.25, 0.3) is 5.91 Å². The van der Waals surface area contributed by atoms with E-state index >= 15 is 0 Å². The van der Waals surface area contributed by atoms with E-state index in [0.717, 1.165) is 30.7 Å². The Kier molecular flexibility index (Phi) is 4.40. The number of likely N-dealkylation sites (tertiary alicyclic amines) is 1. The van der Waals surface area contributed by atoms with Gasteiger partial charge in [-0.1, -0.05) is 30.3 Å². The second-order valence-corrected chi connectivity index (χ2v) is 7.90. The molecular formula is C23H21N5O2. The lowest BCUT2D eigenvalue weighted by Crippen LogP contribution is -2.60. The number of H-pyrrole nitrogens is 1. The van der Waals surface area contributed by atoms with Gasteiger partial charge in [0.2, 0.25) is 0 Å². The number of hydrogen-bond acceptors (Lipinski definition) is 5. The number of nitriles is 1. The van der Waals surface area contributed by atoms with Crippen LogP contribution in [0.5, 0.6) is 11.5 Å². The van der Waals surface area contributed by atoms with Crippen LogP contribution >= 0.6 is 0 Å². The van der Waals surface area contributed by atoms with Crippen molar-refractivity contribution >= 4 is 5.91 Å². The molecule has 0 spiro atoms. The van der Waals surface area contributed by atoms with Crippen LogP contribution in [0, 0.1) is 17.4 Å². The molecule has 2 fully saturated rings. The highest BCUT2D eigenvalue weighted by Gasteiger charge is 2.54. The van der Waals surface area contributed by atoms with Crippen molar-refractivity contribution in [3.63, 3.8) is 0 Å². The minimum atomic E-state index is -0.299. The van der Waals surface area contributed by atoms with Crippen molar-refractivity contribution in [1.29, 1.82) is 5.26 Å². The van der Waals surface area contributed by atoms with Crippen LogP contribution in [0.3, 0.4) is 0 Å². The molecule has 1 aromatic heterocycles. The van der Waals surface area contributed by atoms with Gasteiger partial charge in [0.1, 0.15) is 17.2 Å². The summed E-state index contributed by atoms with van der Waals surface area (Å²) in [5.74, 6) is 1.54. The molecule has 1 saturated heterocycles. The number of para-hydroxylation sites is 2. The third kappa shape index (κ3) is 3.16. The average Bonchev–Trinajstić information content (AvgIpc) is 3.34. The fourth-order valence-electron chi connectivity index (χ4n) is 4.37. The molecule has 1 saturated carbocycles. The molecule has 2 aliphatic rings. The number of rotatable bonds is 5. The van der Waals surface area contributed by atoms with Crippen LogP contribution < -0.4 is 10.1 Å². The zero-order valence-electron chi connectivity index (χ0n) is 16.3. The van der Waals surface area contributed by atoms with Gasteiger partial charge < -0.3 is 15.0 Å². The Morgan fingerprint density at radius 2 is 2.03 bits per heavy atom. The molecule has 7 heteroatoms. The predicted molar refractivity (Wildman–Crippen MR) is 111 cm³/mol. The number of aromatic nitrogens is 2. The van der Waals surface area contributed by atoms with Gasteiger partial charge in [-0.25, -0.2) is 0 Å². The van der Waals surface area contributed by atoms with Crippen LogP contribution in [-0.4, -0.2) is 39.6 Å². The van der Waals surface area contributed by atoms with E-state index in [2.05, 4.69) is 21.7 Å². The zero-order chi connectivity index (χ0) is 20.6. The van der Waals surface area contributed by atoms with Crippen LogP contribution in [0.25, 0.3) is 11.3 Å². The van der Waals surface area contributed by atoms with E-state index < -0.39 is 0 Å². The molecule has 1 aliphatic heterocycles. The van der Waals surface area contributed by atoms with Crippen molar-refractivity contribution in [2.75, 3.05) is 13.1 Å². The number of aromatic amines is 1. The van der Waals surface area contributed by atoms with Crippen molar-refractivity contribution < 1.29 is 9.53 Å². The summed E-state index contributed by atoms with van der Waals surface area (Å²) >= 11 is 0. The Balaban J connectivity index is 1.35. The highest BCUT2D eigenvalue weighted by atomic mass is 16.5. The topological polar surface area (TPSA) is 94.0 Å². The van der Waals surface area contributed by atoms with Crippen molar-refractivity contribution in [3.05, 3.63) is 66.4 Å². The summed E-state index contributed by atoms with van der Waals surface area (Å²) < 4.78 is 6.01. The van der Waals surface area contributed by atoms with Crippen molar-refractivity contribution in [2.45, 2.75) is 18.4 Å². The van der Waals surface area contributed by atoms with Crippen molar-refractivity contribution in [1.82, 2.24) is 20.4 Å². The lowest BCUT2D eigenvalue weighted by atomic mass is 9.69. The highest BCUT2D eigenvalue weighted by Crippen LogP contribution is 2.44. The standard InChI is InChI=1S/C23H21N5O2/c24-15-28-13-16-10-11-23(16,14-28)25-22(29)20-12-19(26-27-20)18-8-4-5-9-21(18)30-17-6-2-1-3-7-17/h1-9,12,16H,10-11,13-14H2,(H,25,29)(H,26,27). The number of amides is 1. The molecule has 0 radical (unpaired) electrons. The summed E-state index contributed by atoms with van der Waals surface area (Å²) in [5, 5.41) is 19.5. The van der Waals surface area contributed by atoms with E-state index in [4.69, 9.17) is 4.74 Å². The summed E-state index contributed by atoms with van der Waals surface area (Å²) in [6.07, 6.45) is 4.14. The molecule has 150 valence electrons. The van der Waals surface area contributed by atoms with E-state index in [1.54, 1.807) is 11.0 Å². The third-order valence-corrected chi connectivity index (χ3v) is 6.09. The SMILES string of the molecule is N#CN1CC2CCC2(NC(=O)c2cc(-c3ccccc3Oc3ccccc3)n[nH]2)C1. The lowest BCUT2D eigenvalue weighted by Gasteiger charge is -2.44. The maximum atomic E-state index is 12.9. The summed E-state index contributed by atoms with van der Waals surface area (Å²) in [4.78, 5) is 14.6. The second kappa shape index (κ2) is 7.23. The molecule has 2 heterocycles. The fourth-order valence-corrected chi connectivity index (χ4v) is 4.37. The molecule has 3 aromatic rings. The van der Waals surface area contributed by atoms with Crippen LogP contribution in [0.4, 0.5) is 0 Å². The first kappa shape index (κ1) is 18.3. The summed E-state index contributed by atoms with van der Waals surface area (Å²) in [6, 6.07) is 18.9. The molecule has 1 aliphatic carbocycles. The maximum absolute atomic E-state index is 12.9. The molecule has 2 unspecified atom stereocenters. The third-order valence-electron chi connectivity index (χ3n) is 6.09. The van der Waals surface area contributed by atoms with Crippen LogP contribution in [-0.2, 0) is 0 Å². The highest BCUT2D eigenvalue weighted by molar-refractivity contribution is 5.94. The van der Waals surface area contributed by atoms with Gasteiger partial charge in [0.05, 0.1) is 17.8 Å². The Bertz CT molecular complexity index is 1120. The predicted octanol–water partition coefficient (Wildman–Crippen LogP) is 3.54. The largest absolute Gasteiger partial charge is 0.457 e. The van der Waals surface area contributed by atoms with Crippen LogP contribution in [0.1, 0.15) is 23.3 Å². The van der Waals surface area contributed by atoms with Gasteiger partial charge in [-0.2, -0.15) is 10.4 Å². The second-order valence-electron chi connectivity index (χ2n) is 7.90. The first-order chi connectivity index (χ1) is 14.7. The number of ether oxygens (including phenoxy) is 1. The fraction of sp³-hybridized carbons (Fsp3) is 0.261. The Morgan fingerprint density at radius 1 is 1.23 bits per heavy atom. The van der Waals surface area contributed by atoms with E-state index in [-0.39, 0.29) is 11.4 Å². The van der Waals surface area contributed by atoms with E-state index in [1.165, 1.54) is 0 Å². The molecule has 2 atom stereocenters. The van der Waals surface area contributed by atoms with Gasteiger partial charge in [-0.3, -0.25) is 9.89 Å². The molecule has 30 heavy (non-hydrogen) atoms. The average molecular weight is 399 g/mol. The number of nitrogens with one attached hydrogen (secondary N) is 2. The van der Waals surface area contributed by atoms with E-state index in [9.17, 15) is 10.1 Å². The smallest absolute Gasteiger partial charge is 0.269 e. The molecule has 7 nitrogen and oxygen atoms in total. The Morgan fingerprint density at radius 3 is 2.80 bits per heavy atom. The summed E-state index contributed by atoms with van der Waals surface area (Å²) in [6.45, 7) is 1.30. The molecule has 2 N–H and O–H groups in total. The molecular weight excluding hydrogens is 378 g/mol. The normalized spacial score (nSPS) is 22.0. The maximum Gasteiger partial charge on any atom is 0.269 e. The van der Waals surface area contributed by atoms with E-state index in [0.29, 0.717) is 29.6 Å². The quantitative estimate of drug-likeness (QED) is 0.640. The summed E-state index contributed by atoms with van der Waals surface area (Å²) in [5.41, 5.74) is 1.54. The summed E-state index contributed by atoms with van der Waals surface area (Å²) in [7, 11) is 0. The van der Waals surface area contributed by atoms with Gasteiger partial charge >= 0.3 is 0 Å². The number of carbonyl (C=O) groups is 1. The molecule has 0 bridgehead atoms. The number of nitrogens with zero attached hydrogens (tertiary/aromatic N) is 3. The van der Waals surface area contributed by atoms with E-state index in [1.807, 2.05) is 54.6 Å². The molecule has 2 aromatic carbocycles.